The summed E-state index contributed by atoms with van der Waals surface area (Å²) < 4.78 is 1.66. The lowest BCUT2D eigenvalue weighted by Gasteiger charge is -2.27. The van der Waals surface area contributed by atoms with Crippen LogP contribution in [0.1, 0.15) is 35.8 Å². The number of carbonyl (C=O) groups excluding carboxylic acids is 1. The fourth-order valence-electron chi connectivity index (χ4n) is 2.93. The van der Waals surface area contributed by atoms with Crippen molar-refractivity contribution >= 4 is 5.91 Å². The summed E-state index contributed by atoms with van der Waals surface area (Å²) in [5.74, 6) is -0.0288. The van der Waals surface area contributed by atoms with Crippen LogP contribution in [0.2, 0.25) is 0 Å². The normalized spacial score (nSPS) is 17.4. The summed E-state index contributed by atoms with van der Waals surface area (Å²) in [6.45, 7) is 6.71. The van der Waals surface area contributed by atoms with Crippen LogP contribution in [-0.4, -0.2) is 51.5 Å². The minimum atomic E-state index is -0.0288. The number of aromatic nitrogens is 3. The zero-order valence-corrected chi connectivity index (χ0v) is 13.7. The molecule has 0 saturated carbocycles. The van der Waals surface area contributed by atoms with Crippen molar-refractivity contribution in [1.29, 1.82) is 0 Å². The Morgan fingerprint density at radius 1 is 1.39 bits per heavy atom. The van der Waals surface area contributed by atoms with Gasteiger partial charge in [0.15, 0.2) is 5.69 Å². The topological polar surface area (TPSA) is 63.1 Å². The lowest BCUT2D eigenvalue weighted by Crippen LogP contribution is -2.42. The molecule has 1 aliphatic heterocycles. The van der Waals surface area contributed by atoms with Crippen molar-refractivity contribution in [3.63, 3.8) is 0 Å². The number of aryl methyl sites for hydroxylation is 1. The van der Waals surface area contributed by atoms with Crippen molar-refractivity contribution in [3.05, 3.63) is 41.7 Å². The Bertz CT molecular complexity index is 658. The predicted octanol–water partition coefficient (Wildman–Crippen LogP) is 1.79. The monoisotopic (exact) mass is 313 g/mol. The molecule has 0 radical (unpaired) electrons. The quantitative estimate of drug-likeness (QED) is 0.914. The van der Waals surface area contributed by atoms with E-state index in [2.05, 4.69) is 22.6 Å². The van der Waals surface area contributed by atoms with E-state index in [1.807, 2.05) is 36.1 Å². The summed E-state index contributed by atoms with van der Waals surface area (Å²) in [6.07, 6.45) is 3.66. The molecule has 3 rings (SSSR count). The molecule has 1 unspecified atom stereocenters. The largest absolute Gasteiger partial charge is 0.333 e. The van der Waals surface area contributed by atoms with Gasteiger partial charge >= 0.3 is 0 Å². The molecular formula is C17H23N5O. The zero-order valence-electron chi connectivity index (χ0n) is 13.7. The molecule has 2 aromatic rings. The maximum absolute atomic E-state index is 12.8. The highest BCUT2D eigenvalue weighted by Gasteiger charge is 2.28. The molecule has 23 heavy (non-hydrogen) atoms. The average molecular weight is 313 g/mol. The Balaban J connectivity index is 1.80. The number of amides is 1. The lowest BCUT2D eigenvalue weighted by atomic mass is 10.2. The minimum Gasteiger partial charge on any atom is -0.333 e. The number of carbonyl (C=O) groups is 1. The molecule has 1 atom stereocenters. The SMILES string of the molecule is CCCN(C(=O)c1cn(-c2ccc(C)cc2)nn1)C1CCNC1. The first-order valence-electron chi connectivity index (χ1n) is 8.20. The molecule has 1 aromatic carbocycles. The van der Waals surface area contributed by atoms with Crippen LogP contribution < -0.4 is 5.32 Å². The molecule has 1 aromatic heterocycles. The molecule has 2 heterocycles. The Labute approximate surface area is 136 Å². The molecule has 6 nitrogen and oxygen atoms in total. The first kappa shape index (κ1) is 15.7. The van der Waals surface area contributed by atoms with Gasteiger partial charge in [-0.05, 0) is 38.4 Å². The Morgan fingerprint density at radius 3 is 2.83 bits per heavy atom. The van der Waals surface area contributed by atoms with Crippen LogP contribution in [0.25, 0.3) is 5.69 Å². The first-order chi connectivity index (χ1) is 11.2. The maximum Gasteiger partial charge on any atom is 0.276 e. The van der Waals surface area contributed by atoms with Gasteiger partial charge in [-0.15, -0.1) is 5.10 Å². The number of hydrogen-bond acceptors (Lipinski definition) is 4. The van der Waals surface area contributed by atoms with Crippen LogP contribution in [0.5, 0.6) is 0 Å². The Hall–Kier alpha value is -2.21. The molecule has 1 saturated heterocycles. The number of nitrogens with zero attached hydrogens (tertiary/aromatic N) is 4. The van der Waals surface area contributed by atoms with E-state index in [-0.39, 0.29) is 11.9 Å². The number of rotatable bonds is 5. The molecule has 1 N–H and O–H groups in total. The van der Waals surface area contributed by atoms with Gasteiger partial charge in [-0.2, -0.15) is 0 Å². The number of hydrogen-bond donors (Lipinski definition) is 1. The molecular weight excluding hydrogens is 290 g/mol. The molecule has 0 bridgehead atoms. The van der Waals surface area contributed by atoms with E-state index in [1.165, 1.54) is 5.56 Å². The molecule has 1 aliphatic rings. The van der Waals surface area contributed by atoms with Gasteiger partial charge in [0.05, 0.1) is 11.9 Å². The summed E-state index contributed by atoms with van der Waals surface area (Å²) >= 11 is 0. The van der Waals surface area contributed by atoms with Crippen LogP contribution in [0, 0.1) is 6.92 Å². The van der Waals surface area contributed by atoms with E-state index < -0.39 is 0 Å². The van der Waals surface area contributed by atoms with Crippen LogP contribution in [0.15, 0.2) is 30.5 Å². The van der Waals surface area contributed by atoms with Crippen molar-refractivity contribution in [2.75, 3.05) is 19.6 Å². The summed E-state index contributed by atoms with van der Waals surface area (Å²) in [5.41, 5.74) is 2.51. The van der Waals surface area contributed by atoms with Crippen LogP contribution in [0.3, 0.4) is 0 Å². The molecule has 1 fully saturated rings. The second-order valence-electron chi connectivity index (χ2n) is 6.03. The summed E-state index contributed by atoms with van der Waals surface area (Å²) in [5, 5.41) is 11.5. The standard InChI is InChI=1S/C17H23N5O/c1-3-10-21(15-8-9-18-11-15)17(23)16-12-22(20-19-16)14-6-4-13(2)5-7-14/h4-7,12,15,18H,3,8-11H2,1-2H3. The highest BCUT2D eigenvalue weighted by Crippen LogP contribution is 2.14. The maximum atomic E-state index is 12.8. The fraction of sp³-hybridized carbons (Fsp3) is 0.471. The van der Waals surface area contributed by atoms with Crippen molar-refractivity contribution in [2.24, 2.45) is 0 Å². The average Bonchev–Trinajstić information content (AvgIpc) is 3.24. The third-order valence-corrected chi connectivity index (χ3v) is 4.21. The van der Waals surface area contributed by atoms with Crippen molar-refractivity contribution in [2.45, 2.75) is 32.7 Å². The van der Waals surface area contributed by atoms with E-state index in [0.29, 0.717) is 5.69 Å². The van der Waals surface area contributed by atoms with Gasteiger partial charge in [-0.1, -0.05) is 29.8 Å². The van der Waals surface area contributed by atoms with Crippen molar-refractivity contribution in [1.82, 2.24) is 25.2 Å². The van der Waals surface area contributed by atoms with Gasteiger partial charge in [0.1, 0.15) is 0 Å². The molecule has 0 aliphatic carbocycles. The van der Waals surface area contributed by atoms with E-state index in [0.717, 1.165) is 38.2 Å². The van der Waals surface area contributed by atoms with Crippen molar-refractivity contribution < 1.29 is 4.79 Å². The highest BCUT2D eigenvalue weighted by molar-refractivity contribution is 5.92. The van der Waals surface area contributed by atoms with Gasteiger partial charge in [-0.3, -0.25) is 4.79 Å². The lowest BCUT2D eigenvalue weighted by molar-refractivity contribution is 0.0686. The first-order valence-corrected chi connectivity index (χ1v) is 8.20. The van der Waals surface area contributed by atoms with Crippen LogP contribution in [-0.2, 0) is 0 Å². The van der Waals surface area contributed by atoms with E-state index in [4.69, 9.17) is 0 Å². The second kappa shape index (κ2) is 6.91. The summed E-state index contributed by atoms with van der Waals surface area (Å²) in [6, 6.07) is 8.25. The van der Waals surface area contributed by atoms with Crippen LogP contribution in [0.4, 0.5) is 0 Å². The van der Waals surface area contributed by atoms with Gasteiger partial charge in [-0.25, -0.2) is 4.68 Å². The van der Waals surface area contributed by atoms with E-state index >= 15 is 0 Å². The van der Waals surface area contributed by atoms with E-state index in [1.54, 1.807) is 10.9 Å². The Kier molecular flexibility index (Phi) is 4.71. The summed E-state index contributed by atoms with van der Waals surface area (Å²) in [4.78, 5) is 14.7. The van der Waals surface area contributed by atoms with Crippen molar-refractivity contribution in [3.8, 4) is 5.69 Å². The number of nitrogens with one attached hydrogen (secondary N) is 1. The van der Waals surface area contributed by atoms with Gasteiger partial charge in [0, 0.05) is 19.1 Å². The minimum absolute atomic E-state index is 0.0288. The third-order valence-electron chi connectivity index (χ3n) is 4.21. The Morgan fingerprint density at radius 2 is 2.17 bits per heavy atom. The molecule has 6 heteroatoms. The third kappa shape index (κ3) is 3.42. The van der Waals surface area contributed by atoms with Gasteiger partial charge in [0.2, 0.25) is 0 Å². The van der Waals surface area contributed by atoms with Crippen LogP contribution >= 0.6 is 0 Å². The smallest absolute Gasteiger partial charge is 0.276 e. The zero-order chi connectivity index (χ0) is 16.2. The fourth-order valence-corrected chi connectivity index (χ4v) is 2.93. The second-order valence-corrected chi connectivity index (χ2v) is 6.03. The van der Waals surface area contributed by atoms with Gasteiger partial charge < -0.3 is 10.2 Å². The number of benzene rings is 1. The molecule has 0 spiro atoms. The summed E-state index contributed by atoms with van der Waals surface area (Å²) in [7, 11) is 0. The highest BCUT2D eigenvalue weighted by atomic mass is 16.2. The molecule has 122 valence electrons. The van der Waals surface area contributed by atoms with E-state index in [9.17, 15) is 4.79 Å². The molecule has 1 amide bonds. The van der Waals surface area contributed by atoms with Gasteiger partial charge in [0.25, 0.3) is 5.91 Å². The predicted molar refractivity (Wildman–Crippen MR) is 88.7 cm³/mol.